The molecule has 2 aliphatic carbocycles. The van der Waals surface area contributed by atoms with Crippen molar-refractivity contribution < 1.29 is 10.2 Å². The smallest absolute Gasteiger partial charge is 0.119 e. The summed E-state index contributed by atoms with van der Waals surface area (Å²) in [6.45, 7) is 9.16. The van der Waals surface area contributed by atoms with Crippen molar-refractivity contribution in [2.75, 3.05) is 6.61 Å². The molecule has 0 saturated heterocycles. The quantitative estimate of drug-likeness (QED) is 0.843. The van der Waals surface area contributed by atoms with Crippen LogP contribution in [-0.4, -0.2) is 16.8 Å². The van der Waals surface area contributed by atoms with Crippen LogP contribution in [0.2, 0.25) is 0 Å². The Bertz CT molecular complexity index is 577. The molecule has 2 heteroatoms. The molecule has 2 aliphatic rings. The van der Waals surface area contributed by atoms with Gasteiger partial charge in [0, 0.05) is 6.61 Å². The van der Waals surface area contributed by atoms with E-state index in [1.807, 2.05) is 6.07 Å². The van der Waals surface area contributed by atoms with Gasteiger partial charge in [-0.15, -0.1) is 0 Å². The summed E-state index contributed by atoms with van der Waals surface area (Å²) < 4.78 is 0. The van der Waals surface area contributed by atoms with Crippen LogP contribution in [0.3, 0.4) is 0 Å². The Morgan fingerprint density at radius 1 is 1.23 bits per heavy atom. The Labute approximate surface area is 134 Å². The number of aliphatic hydroxyl groups is 1. The van der Waals surface area contributed by atoms with Crippen LogP contribution in [0, 0.1) is 11.3 Å². The van der Waals surface area contributed by atoms with E-state index in [9.17, 15) is 10.2 Å². The highest BCUT2D eigenvalue weighted by Gasteiger charge is 2.51. The summed E-state index contributed by atoms with van der Waals surface area (Å²) in [5.41, 5.74) is 3.95. The summed E-state index contributed by atoms with van der Waals surface area (Å²) in [5, 5.41) is 20.5. The fourth-order valence-corrected chi connectivity index (χ4v) is 5.31. The predicted octanol–water partition coefficient (Wildman–Crippen LogP) is 4.52. The molecule has 1 aromatic rings. The van der Waals surface area contributed by atoms with E-state index in [1.54, 1.807) is 0 Å². The fraction of sp³-hybridized carbons (Fsp3) is 0.700. The summed E-state index contributed by atoms with van der Waals surface area (Å²) in [6.07, 6.45) is 5.68. The number of benzene rings is 1. The number of hydrogen-bond acceptors (Lipinski definition) is 2. The lowest BCUT2D eigenvalue weighted by atomic mass is 9.50. The minimum atomic E-state index is 0.0248. The maximum absolute atomic E-state index is 10.5. The first-order valence-corrected chi connectivity index (χ1v) is 8.79. The molecule has 0 aliphatic heterocycles. The molecule has 2 N–H and O–H groups in total. The number of phenolic OH excluding ortho intramolecular Hbond substituents is 1. The van der Waals surface area contributed by atoms with Gasteiger partial charge in [0.2, 0.25) is 0 Å². The number of rotatable bonds is 2. The summed E-state index contributed by atoms with van der Waals surface area (Å²) in [6, 6.07) is 4.28. The maximum atomic E-state index is 10.5. The Morgan fingerprint density at radius 3 is 2.59 bits per heavy atom. The van der Waals surface area contributed by atoms with Crippen LogP contribution in [0.5, 0.6) is 5.75 Å². The van der Waals surface area contributed by atoms with Gasteiger partial charge < -0.3 is 10.2 Å². The third-order valence-corrected chi connectivity index (χ3v) is 6.61. The highest BCUT2D eigenvalue weighted by Crippen LogP contribution is 2.57. The Kier molecular flexibility index (Phi) is 3.79. The molecule has 3 rings (SSSR count). The molecule has 122 valence electrons. The van der Waals surface area contributed by atoms with E-state index in [0.29, 0.717) is 17.6 Å². The third kappa shape index (κ3) is 2.19. The van der Waals surface area contributed by atoms with Gasteiger partial charge in [-0.05, 0) is 71.1 Å². The van der Waals surface area contributed by atoms with Gasteiger partial charge in [-0.2, -0.15) is 0 Å². The van der Waals surface area contributed by atoms with Crippen molar-refractivity contribution in [1.82, 2.24) is 0 Å². The Balaban J connectivity index is 2.11. The topological polar surface area (TPSA) is 40.5 Å². The van der Waals surface area contributed by atoms with Gasteiger partial charge in [0.05, 0.1) is 0 Å². The van der Waals surface area contributed by atoms with Crippen molar-refractivity contribution >= 4 is 0 Å². The van der Waals surface area contributed by atoms with E-state index < -0.39 is 0 Å². The van der Waals surface area contributed by atoms with Crippen molar-refractivity contribution in [2.24, 2.45) is 11.3 Å². The second kappa shape index (κ2) is 5.26. The van der Waals surface area contributed by atoms with Gasteiger partial charge in [-0.25, -0.2) is 0 Å². The van der Waals surface area contributed by atoms with Crippen LogP contribution >= 0.6 is 0 Å². The summed E-state index contributed by atoms with van der Waals surface area (Å²) >= 11 is 0. The summed E-state index contributed by atoms with van der Waals surface area (Å²) in [7, 11) is 0. The average molecular weight is 302 g/mol. The molecule has 2 nitrogen and oxygen atoms in total. The number of hydrogen-bond donors (Lipinski definition) is 2. The van der Waals surface area contributed by atoms with Gasteiger partial charge in [0.15, 0.2) is 0 Å². The van der Waals surface area contributed by atoms with E-state index >= 15 is 0 Å². The average Bonchev–Trinajstić information content (AvgIpc) is 2.47. The fourth-order valence-electron chi connectivity index (χ4n) is 5.31. The number of phenols is 1. The lowest BCUT2D eigenvalue weighted by Crippen LogP contribution is -2.50. The molecule has 0 spiro atoms. The Morgan fingerprint density at radius 2 is 1.95 bits per heavy atom. The number of aromatic hydroxyl groups is 1. The third-order valence-electron chi connectivity index (χ3n) is 6.61. The van der Waals surface area contributed by atoms with Crippen LogP contribution < -0.4 is 0 Å². The molecule has 1 aromatic carbocycles. The molecule has 3 atom stereocenters. The van der Waals surface area contributed by atoms with Crippen molar-refractivity contribution in [1.29, 1.82) is 0 Å². The molecular formula is C20H30O2. The standard InChI is InChI=1S/C20H30O2/c1-13(2)15-10-14-6-7-18-19(3,12-21)8-5-9-20(18,4)16(14)11-17(15)22/h10-11,13,18,21-22H,5-9,12H2,1-4H3/t18?,19-,20-/m1/s1. The minimum Gasteiger partial charge on any atom is -0.508 e. The lowest BCUT2D eigenvalue weighted by molar-refractivity contribution is -0.0179. The molecule has 1 saturated carbocycles. The summed E-state index contributed by atoms with van der Waals surface area (Å²) in [4.78, 5) is 0. The van der Waals surface area contributed by atoms with Crippen LogP contribution in [0.25, 0.3) is 0 Å². The summed E-state index contributed by atoms with van der Waals surface area (Å²) in [5.74, 6) is 1.31. The van der Waals surface area contributed by atoms with Crippen LogP contribution in [0.1, 0.15) is 76.0 Å². The molecule has 22 heavy (non-hydrogen) atoms. The molecule has 0 bridgehead atoms. The minimum absolute atomic E-state index is 0.0248. The van der Waals surface area contributed by atoms with Crippen LogP contribution in [0.4, 0.5) is 0 Å². The lowest BCUT2D eigenvalue weighted by Gasteiger charge is -2.55. The SMILES string of the molecule is CC(C)c1cc2c(cc1O)[C@@]1(C)CCC[C@](C)(CO)C1CC2. The first-order valence-electron chi connectivity index (χ1n) is 8.79. The number of aryl methyl sites for hydroxylation is 1. The first-order chi connectivity index (χ1) is 10.3. The molecule has 0 radical (unpaired) electrons. The second-order valence-corrected chi connectivity index (χ2v) is 8.40. The van der Waals surface area contributed by atoms with E-state index in [4.69, 9.17) is 0 Å². The Hall–Kier alpha value is -1.02. The highest BCUT2D eigenvalue weighted by atomic mass is 16.3. The van der Waals surface area contributed by atoms with Crippen molar-refractivity contribution in [3.63, 3.8) is 0 Å². The van der Waals surface area contributed by atoms with Gasteiger partial charge in [0.25, 0.3) is 0 Å². The van der Waals surface area contributed by atoms with E-state index in [2.05, 4.69) is 33.8 Å². The molecule has 1 unspecified atom stereocenters. The predicted molar refractivity (Wildman–Crippen MR) is 90.4 cm³/mol. The van der Waals surface area contributed by atoms with E-state index in [1.165, 1.54) is 17.5 Å². The van der Waals surface area contributed by atoms with Gasteiger partial charge in [-0.1, -0.05) is 40.2 Å². The molecule has 0 amide bonds. The first kappa shape index (κ1) is 15.9. The van der Waals surface area contributed by atoms with Crippen LogP contribution in [0.15, 0.2) is 12.1 Å². The van der Waals surface area contributed by atoms with Gasteiger partial charge in [0.1, 0.15) is 5.75 Å². The normalized spacial score (nSPS) is 34.4. The molecule has 0 heterocycles. The zero-order valence-electron chi connectivity index (χ0n) is 14.4. The van der Waals surface area contributed by atoms with Crippen molar-refractivity contribution in [3.05, 3.63) is 28.8 Å². The van der Waals surface area contributed by atoms with Gasteiger partial charge >= 0.3 is 0 Å². The number of fused-ring (bicyclic) bond motifs is 3. The van der Waals surface area contributed by atoms with Crippen LogP contribution in [-0.2, 0) is 11.8 Å². The molecule has 0 aromatic heterocycles. The van der Waals surface area contributed by atoms with Crippen molar-refractivity contribution in [2.45, 2.75) is 71.1 Å². The largest absolute Gasteiger partial charge is 0.508 e. The second-order valence-electron chi connectivity index (χ2n) is 8.40. The monoisotopic (exact) mass is 302 g/mol. The molecule has 1 fully saturated rings. The maximum Gasteiger partial charge on any atom is 0.119 e. The van der Waals surface area contributed by atoms with E-state index in [0.717, 1.165) is 31.2 Å². The van der Waals surface area contributed by atoms with E-state index in [-0.39, 0.29) is 17.4 Å². The highest BCUT2D eigenvalue weighted by molar-refractivity contribution is 5.48. The van der Waals surface area contributed by atoms with Crippen molar-refractivity contribution in [3.8, 4) is 5.75 Å². The molecular weight excluding hydrogens is 272 g/mol. The number of aliphatic hydroxyl groups excluding tert-OH is 1. The van der Waals surface area contributed by atoms with Gasteiger partial charge in [-0.3, -0.25) is 0 Å². The zero-order chi connectivity index (χ0) is 16.1. The zero-order valence-corrected chi connectivity index (χ0v) is 14.4.